The smallest absolute Gasteiger partial charge is 0.394 e. The van der Waals surface area contributed by atoms with Crippen LogP contribution in [0.1, 0.15) is 12.6 Å². The Labute approximate surface area is 200 Å². The van der Waals surface area contributed by atoms with Gasteiger partial charge in [-0.25, -0.2) is 9.78 Å². The van der Waals surface area contributed by atoms with Gasteiger partial charge in [0.05, 0.1) is 0 Å². The highest BCUT2D eigenvalue weighted by atomic mass is 32.3. The SMILES string of the molecule is C=CC1(C(=O)O)CS[C@@H]2C(NC(=O)C(=NOC(C)=O)c3csc(N)n3)C(=O)N2C1.O=S(=O)(O)O. The third kappa shape index (κ3) is 6.50. The van der Waals surface area contributed by atoms with Crippen LogP contribution in [0.25, 0.3) is 0 Å². The Morgan fingerprint density at radius 1 is 1.44 bits per heavy atom. The minimum atomic E-state index is -4.67. The number of β-lactam (4-membered cyclic amide) rings is 1. The summed E-state index contributed by atoms with van der Waals surface area (Å²) >= 11 is 2.30. The summed E-state index contributed by atoms with van der Waals surface area (Å²) in [6.07, 6.45) is 1.33. The van der Waals surface area contributed by atoms with Crippen LogP contribution in [-0.4, -0.2) is 85.7 Å². The Kier molecular flexibility index (Phi) is 8.37. The Hall–Kier alpha value is -3.06. The van der Waals surface area contributed by atoms with Crippen molar-refractivity contribution in [2.24, 2.45) is 10.6 Å². The van der Waals surface area contributed by atoms with Gasteiger partial charge in [-0.2, -0.15) is 8.42 Å². The first-order chi connectivity index (χ1) is 15.7. The molecule has 34 heavy (non-hydrogen) atoms. The van der Waals surface area contributed by atoms with Gasteiger partial charge in [-0.05, 0) is 0 Å². The monoisotopic (exact) mass is 537 g/mol. The molecule has 2 aliphatic rings. The maximum absolute atomic E-state index is 12.7. The van der Waals surface area contributed by atoms with Gasteiger partial charge in [-0.3, -0.25) is 23.5 Å². The second-order valence-corrected chi connectivity index (χ2v) is 9.72. The Bertz CT molecular complexity index is 1140. The van der Waals surface area contributed by atoms with Gasteiger partial charge in [-0.15, -0.1) is 29.7 Å². The summed E-state index contributed by atoms with van der Waals surface area (Å²) in [6, 6.07) is -0.873. The van der Waals surface area contributed by atoms with E-state index in [-0.39, 0.29) is 28.8 Å². The third-order valence-electron chi connectivity index (χ3n) is 4.45. The molecule has 3 atom stereocenters. The number of hydrogen-bond donors (Lipinski definition) is 5. The lowest BCUT2D eigenvalue weighted by Gasteiger charge is -2.53. The predicted octanol–water partition coefficient (Wildman–Crippen LogP) is -1.00. The summed E-state index contributed by atoms with van der Waals surface area (Å²) in [5, 5.41) is 16.8. The fourth-order valence-corrected chi connectivity index (χ4v) is 4.94. The summed E-state index contributed by atoms with van der Waals surface area (Å²) < 4.78 is 31.6. The molecule has 0 aromatic carbocycles. The van der Waals surface area contributed by atoms with E-state index in [0.29, 0.717) is 0 Å². The van der Waals surface area contributed by atoms with Crippen molar-refractivity contribution in [3.05, 3.63) is 23.7 Å². The lowest BCUT2D eigenvalue weighted by Crippen LogP contribution is -2.73. The molecule has 0 bridgehead atoms. The van der Waals surface area contributed by atoms with Gasteiger partial charge in [0.2, 0.25) is 5.91 Å². The highest BCUT2D eigenvalue weighted by Gasteiger charge is 2.56. The van der Waals surface area contributed by atoms with Crippen molar-refractivity contribution in [3.8, 4) is 0 Å². The van der Waals surface area contributed by atoms with Gasteiger partial charge in [0.15, 0.2) is 10.8 Å². The van der Waals surface area contributed by atoms with E-state index in [1.807, 2.05) is 0 Å². The van der Waals surface area contributed by atoms with Crippen molar-refractivity contribution < 1.29 is 46.6 Å². The van der Waals surface area contributed by atoms with Crippen LogP contribution in [0.15, 0.2) is 23.2 Å². The van der Waals surface area contributed by atoms with Gasteiger partial charge >= 0.3 is 22.3 Å². The molecule has 2 aliphatic heterocycles. The first-order valence-corrected chi connectivity index (χ1v) is 12.3. The highest BCUT2D eigenvalue weighted by Crippen LogP contribution is 2.42. The molecular formula is C16H19N5O10S3. The Morgan fingerprint density at radius 3 is 2.53 bits per heavy atom. The van der Waals surface area contributed by atoms with E-state index in [1.54, 1.807) is 0 Å². The number of thioether (sulfide) groups is 1. The fourth-order valence-electron chi connectivity index (χ4n) is 2.86. The van der Waals surface area contributed by atoms with Crippen LogP contribution >= 0.6 is 23.1 Å². The maximum Gasteiger partial charge on any atom is 0.394 e. The lowest BCUT2D eigenvalue weighted by molar-refractivity contribution is -0.156. The first kappa shape index (κ1) is 27.2. The van der Waals surface area contributed by atoms with E-state index in [2.05, 4.69) is 26.9 Å². The lowest BCUT2D eigenvalue weighted by atomic mass is 9.87. The van der Waals surface area contributed by atoms with Crippen LogP contribution in [0, 0.1) is 5.41 Å². The van der Waals surface area contributed by atoms with Crippen molar-refractivity contribution in [3.63, 3.8) is 0 Å². The van der Waals surface area contributed by atoms with Crippen molar-refractivity contribution in [1.82, 2.24) is 15.2 Å². The number of aromatic nitrogens is 1. The van der Waals surface area contributed by atoms with E-state index < -0.39 is 51.0 Å². The second-order valence-electron chi connectivity index (χ2n) is 6.83. The van der Waals surface area contributed by atoms with Crippen molar-refractivity contribution in [2.75, 3.05) is 18.0 Å². The molecule has 1 aromatic heterocycles. The number of aliphatic carboxylic acids is 1. The number of thiazole rings is 1. The number of amides is 2. The second kappa shape index (κ2) is 10.5. The molecule has 6 N–H and O–H groups in total. The quantitative estimate of drug-likeness (QED) is 0.0731. The number of nitrogen functional groups attached to an aromatic ring is 1. The minimum Gasteiger partial charge on any atom is -0.481 e. The van der Waals surface area contributed by atoms with Gasteiger partial charge in [-0.1, -0.05) is 11.2 Å². The number of carboxylic acids is 1. The topological polar surface area (TPSA) is 239 Å². The number of carboxylic acid groups (broad SMARTS) is 1. The summed E-state index contributed by atoms with van der Waals surface area (Å²) in [7, 11) is -4.67. The number of oxime groups is 1. The van der Waals surface area contributed by atoms with Crippen LogP contribution in [0.5, 0.6) is 0 Å². The molecule has 0 aliphatic carbocycles. The highest BCUT2D eigenvalue weighted by molar-refractivity contribution is 8.00. The summed E-state index contributed by atoms with van der Waals surface area (Å²) in [6.45, 7) is 4.67. The standard InChI is InChI=1S/C16H17N5O6S2.H2O4S/c1-3-16(14(25)26)5-21-12(24)10(13(21)29-6-16)19-11(23)9(20-27-7(2)22)8-4-28-15(17)18-8;1-5(2,3)4/h3-4,10,13H,1,5-6H2,2H3,(H2,17,18)(H,19,23)(H,25,26);(H2,1,2,3,4)/t10?,13-,16?;/m1./s1. The van der Waals surface area contributed by atoms with E-state index in [9.17, 15) is 24.3 Å². The van der Waals surface area contributed by atoms with E-state index in [0.717, 1.165) is 18.3 Å². The van der Waals surface area contributed by atoms with Crippen LogP contribution in [0.3, 0.4) is 0 Å². The average Bonchev–Trinajstić information content (AvgIpc) is 3.15. The summed E-state index contributed by atoms with van der Waals surface area (Å²) in [5.74, 6) is -2.78. The number of hydrogen-bond acceptors (Lipinski definition) is 12. The van der Waals surface area contributed by atoms with Crippen LogP contribution in [-0.2, 0) is 34.4 Å². The molecule has 0 radical (unpaired) electrons. The van der Waals surface area contributed by atoms with E-state index in [4.69, 9.17) is 23.3 Å². The predicted molar refractivity (Wildman–Crippen MR) is 119 cm³/mol. The molecule has 0 saturated carbocycles. The largest absolute Gasteiger partial charge is 0.481 e. The molecule has 2 amide bonds. The Balaban J connectivity index is 0.000000739. The molecule has 186 valence electrons. The van der Waals surface area contributed by atoms with Crippen molar-refractivity contribution >= 4 is 68.1 Å². The number of carbonyl (C=O) groups excluding carboxylic acids is 3. The number of fused-ring (bicyclic) bond motifs is 1. The molecule has 18 heteroatoms. The molecule has 2 saturated heterocycles. The number of nitrogens with one attached hydrogen (secondary N) is 1. The number of carbonyl (C=O) groups is 4. The molecule has 2 unspecified atom stereocenters. The zero-order chi connectivity index (χ0) is 25.8. The normalized spacial score (nSPS) is 24.0. The van der Waals surface area contributed by atoms with E-state index >= 15 is 0 Å². The fraction of sp³-hybridized carbons (Fsp3) is 0.375. The van der Waals surface area contributed by atoms with Crippen LogP contribution in [0.2, 0.25) is 0 Å². The number of nitrogens with two attached hydrogens (primary N) is 1. The first-order valence-electron chi connectivity index (χ1n) is 8.95. The molecule has 2 fully saturated rings. The molecule has 3 rings (SSSR count). The molecule has 3 heterocycles. The molecular weight excluding hydrogens is 518 g/mol. The van der Waals surface area contributed by atoms with Crippen LogP contribution in [0.4, 0.5) is 5.13 Å². The zero-order valence-electron chi connectivity index (χ0n) is 17.3. The van der Waals surface area contributed by atoms with Gasteiger partial charge in [0.1, 0.15) is 22.5 Å². The molecule has 1 aromatic rings. The van der Waals surface area contributed by atoms with Gasteiger partial charge < -0.3 is 25.9 Å². The third-order valence-corrected chi connectivity index (χ3v) is 6.68. The number of anilines is 1. The van der Waals surface area contributed by atoms with Crippen LogP contribution < -0.4 is 11.1 Å². The Morgan fingerprint density at radius 2 is 2.06 bits per heavy atom. The van der Waals surface area contributed by atoms with E-state index in [1.165, 1.54) is 28.1 Å². The summed E-state index contributed by atoms with van der Waals surface area (Å²) in [4.78, 5) is 57.7. The summed E-state index contributed by atoms with van der Waals surface area (Å²) in [5.41, 5.74) is 4.15. The van der Waals surface area contributed by atoms with Crippen molar-refractivity contribution in [2.45, 2.75) is 18.3 Å². The average molecular weight is 538 g/mol. The molecule has 15 nitrogen and oxygen atoms in total. The number of nitrogens with zero attached hydrogens (tertiary/aromatic N) is 3. The van der Waals surface area contributed by atoms with Gasteiger partial charge in [0, 0.05) is 24.6 Å². The zero-order valence-corrected chi connectivity index (χ0v) is 19.7. The molecule has 0 spiro atoms. The van der Waals surface area contributed by atoms with Crippen molar-refractivity contribution in [1.29, 1.82) is 0 Å². The number of rotatable bonds is 6. The maximum atomic E-state index is 12.7. The van der Waals surface area contributed by atoms with Gasteiger partial charge in [0.25, 0.3) is 5.91 Å². The minimum absolute atomic E-state index is 0.0221.